The number of rotatable bonds is 1. The van der Waals surface area contributed by atoms with Gasteiger partial charge in [-0.1, -0.05) is 29.8 Å². The van der Waals surface area contributed by atoms with Crippen LogP contribution in [0, 0.1) is 0 Å². The Labute approximate surface area is 107 Å². The highest BCUT2D eigenvalue weighted by Crippen LogP contribution is 2.26. The lowest BCUT2D eigenvalue weighted by Crippen LogP contribution is -2.12. The van der Waals surface area contributed by atoms with Crippen molar-refractivity contribution >= 4 is 23.5 Å². The van der Waals surface area contributed by atoms with Gasteiger partial charge in [-0.3, -0.25) is 4.79 Å². The molecule has 0 spiro atoms. The van der Waals surface area contributed by atoms with E-state index in [1.54, 1.807) is 0 Å². The zero-order valence-electron chi connectivity index (χ0n) is 9.87. The Hall–Kier alpha value is -1.34. The van der Waals surface area contributed by atoms with Crippen LogP contribution in [0.15, 0.2) is 41.5 Å². The van der Waals surface area contributed by atoms with E-state index in [9.17, 15) is 4.79 Å². The molecule has 0 atom stereocenters. The Morgan fingerprint density at radius 2 is 1.76 bits per heavy atom. The van der Waals surface area contributed by atoms with E-state index in [1.165, 1.54) is 0 Å². The van der Waals surface area contributed by atoms with Gasteiger partial charge in [0.25, 0.3) is 0 Å². The Morgan fingerprint density at radius 3 is 2.41 bits per heavy atom. The summed E-state index contributed by atoms with van der Waals surface area (Å²) in [6.45, 7) is 1.93. The molecule has 1 aromatic rings. The van der Waals surface area contributed by atoms with Crippen LogP contribution in [0.4, 0.5) is 0 Å². The molecular formula is C15H15ClO. The highest BCUT2D eigenvalue weighted by atomic mass is 35.5. The van der Waals surface area contributed by atoms with Crippen molar-refractivity contribution in [3.8, 4) is 0 Å². The number of allylic oxidation sites excluding steroid dienone is 3. The van der Waals surface area contributed by atoms with Crippen LogP contribution < -0.4 is 0 Å². The quantitative estimate of drug-likeness (QED) is 0.671. The monoisotopic (exact) mass is 246 g/mol. The molecule has 88 valence electrons. The number of Topliss-reactive ketones (excluding diaryl/α,β-unsaturated/α-hetero) is 1. The number of carbonyl (C=O) groups is 1. The summed E-state index contributed by atoms with van der Waals surface area (Å²) in [6.07, 6.45) is 6.75. The first-order chi connectivity index (χ1) is 8.20. The van der Waals surface area contributed by atoms with Crippen LogP contribution in [0.5, 0.6) is 0 Å². The van der Waals surface area contributed by atoms with Gasteiger partial charge in [0.15, 0.2) is 5.78 Å². The maximum atomic E-state index is 12.1. The fourth-order valence-corrected chi connectivity index (χ4v) is 2.20. The molecule has 0 unspecified atom stereocenters. The second kappa shape index (κ2) is 5.33. The van der Waals surface area contributed by atoms with E-state index in [0.29, 0.717) is 0 Å². The average molecular weight is 247 g/mol. The summed E-state index contributed by atoms with van der Waals surface area (Å²) < 4.78 is 0. The van der Waals surface area contributed by atoms with Gasteiger partial charge in [0.05, 0.1) is 0 Å². The van der Waals surface area contributed by atoms with Crippen LogP contribution in [-0.2, 0) is 4.79 Å². The van der Waals surface area contributed by atoms with Crippen LogP contribution in [0.3, 0.4) is 0 Å². The maximum Gasteiger partial charge on any atom is 0.184 e. The van der Waals surface area contributed by atoms with E-state index >= 15 is 0 Å². The molecule has 2 heteroatoms. The first-order valence-corrected chi connectivity index (χ1v) is 6.24. The predicted octanol–water partition coefficient (Wildman–Crippen LogP) is 4.42. The van der Waals surface area contributed by atoms with Crippen LogP contribution in [-0.4, -0.2) is 5.78 Å². The summed E-state index contributed by atoms with van der Waals surface area (Å²) >= 11 is 5.83. The van der Waals surface area contributed by atoms with Gasteiger partial charge in [-0.2, -0.15) is 0 Å². The topological polar surface area (TPSA) is 17.1 Å². The molecule has 1 saturated carbocycles. The first-order valence-electron chi connectivity index (χ1n) is 5.86. The number of hydrogen-bond acceptors (Lipinski definition) is 1. The normalized spacial score (nSPS) is 21.2. The van der Waals surface area contributed by atoms with Gasteiger partial charge in [-0.15, -0.1) is 0 Å². The summed E-state index contributed by atoms with van der Waals surface area (Å²) in [7, 11) is 0. The van der Waals surface area contributed by atoms with E-state index in [2.05, 4.69) is 0 Å². The van der Waals surface area contributed by atoms with E-state index in [0.717, 1.165) is 41.0 Å². The summed E-state index contributed by atoms with van der Waals surface area (Å²) in [5, 5.41) is 0.719. The third-order valence-electron chi connectivity index (χ3n) is 3.03. The van der Waals surface area contributed by atoms with Crippen molar-refractivity contribution in [3.05, 3.63) is 52.1 Å². The van der Waals surface area contributed by atoms with Gasteiger partial charge in [0.2, 0.25) is 0 Å². The van der Waals surface area contributed by atoms with Crippen LogP contribution >= 0.6 is 11.6 Å². The molecule has 0 amide bonds. The Bertz CT molecular complexity index is 480. The molecule has 0 heterocycles. The minimum atomic E-state index is 0.203. The van der Waals surface area contributed by atoms with Crippen LogP contribution in [0.1, 0.15) is 31.7 Å². The lowest BCUT2D eigenvalue weighted by Gasteiger charge is -2.15. The lowest BCUT2D eigenvalue weighted by atomic mass is 9.88. The second-order valence-electron chi connectivity index (χ2n) is 4.22. The molecule has 0 N–H and O–H groups in total. The average Bonchev–Trinajstić information content (AvgIpc) is 2.35. The van der Waals surface area contributed by atoms with Crippen molar-refractivity contribution in [2.75, 3.05) is 0 Å². The van der Waals surface area contributed by atoms with Gasteiger partial charge >= 0.3 is 0 Å². The van der Waals surface area contributed by atoms with Crippen molar-refractivity contribution in [2.24, 2.45) is 0 Å². The van der Waals surface area contributed by atoms with Crippen LogP contribution in [0.2, 0.25) is 5.02 Å². The standard InChI is InChI=1S/C15H15ClO/c1-2-12-4-3-5-13(15(12)17)10-11-6-8-14(16)9-7-11/h2,6-10H,3-5H2,1H3/b12-2-,13-10?. The number of hydrogen-bond donors (Lipinski definition) is 0. The van der Waals surface area contributed by atoms with Crippen molar-refractivity contribution in [1.82, 2.24) is 0 Å². The number of ketones is 1. The second-order valence-corrected chi connectivity index (χ2v) is 4.65. The van der Waals surface area contributed by atoms with Gasteiger partial charge < -0.3 is 0 Å². The number of halogens is 1. The third kappa shape index (κ3) is 2.86. The maximum absolute atomic E-state index is 12.1. The summed E-state index contributed by atoms with van der Waals surface area (Å²) in [5.74, 6) is 0.203. The molecule has 2 rings (SSSR count). The zero-order chi connectivity index (χ0) is 12.3. The largest absolute Gasteiger partial charge is 0.289 e. The Balaban J connectivity index is 2.27. The van der Waals surface area contributed by atoms with E-state index in [4.69, 9.17) is 11.6 Å². The first kappa shape index (κ1) is 12.1. The Kier molecular flexibility index (Phi) is 3.80. The van der Waals surface area contributed by atoms with Crippen LogP contribution in [0.25, 0.3) is 6.08 Å². The third-order valence-corrected chi connectivity index (χ3v) is 3.29. The summed E-state index contributed by atoms with van der Waals surface area (Å²) in [6, 6.07) is 7.56. The summed E-state index contributed by atoms with van der Waals surface area (Å²) in [5.41, 5.74) is 2.89. The van der Waals surface area contributed by atoms with Gasteiger partial charge in [0, 0.05) is 10.6 Å². The minimum Gasteiger partial charge on any atom is -0.289 e. The molecule has 0 radical (unpaired) electrons. The van der Waals surface area contributed by atoms with Gasteiger partial charge in [-0.25, -0.2) is 0 Å². The molecular weight excluding hydrogens is 232 g/mol. The van der Waals surface area contributed by atoms with Crippen molar-refractivity contribution in [2.45, 2.75) is 26.2 Å². The molecule has 0 saturated heterocycles. The van der Waals surface area contributed by atoms with Crippen molar-refractivity contribution < 1.29 is 4.79 Å². The van der Waals surface area contributed by atoms with E-state index in [1.807, 2.05) is 43.3 Å². The fraction of sp³-hybridized carbons (Fsp3) is 0.267. The molecule has 17 heavy (non-hydrogen) atoms. The molecule has 1 aliphatic carbocycles. The SMILES string of the molecule is C/C=C1/CCCC(=Cc2ccc(Cl)cc2)C1=O. The molecule has 1 aliphatic rings. The molecule has 1 fully saturated rings. The Morgan fingerprint density at radius 1 is 1.12 bits per heavy atom. The molecule has 0 aromatic heterocycles. The summed E-state index contributed by atoms with van der Waals surface area (Å²) in [4.78, 5) is 12.1. The molecule has 1 aromatic carbocycles. The highest BCUT2D eigenvalue weighted by Gasteiger charge is 2.19. The number of benzene rings is 1. The predicted molar refractivity (Wildman–Crippen MR) is 72.0 cm³/mol. The number of carbonyl (C=O) groups excluding carboxylic acids is 1. The fourth-order valence-electron chi connectivity index (χ4n) is 2.08. The van der Waals surface area contributed by atoms with Crippen molar-refractivity contribution in [3.63, 3.8) is 0 Å². The lowest BCUT2D eigenvalue weighted by molar-refractivity contribution is -0.112. The van der Waals surface area contributed by atoms with Crippen molar-refractivity contribution in [1.29, 1.82) is 0 Å². The zero-order valence-corrected chi connectivity index (χ0v) is 10.6. The molecule has 1 nitrogen and oxygen atoms in total. The minimum absolute atomic E-state index is 0.203. The van der Waals surface area contributed by atoms with E-state index < -0.39 is 0 Å². The molecule has 0 bridgehead atoms. The van der Waals surface area contributed by atoms with E-state index in [-0.39, 0.29) is 5.78 Å². The smallest absolute Gasteiger partial charge is 0.184 e. The highest BCUT2D eigenvalue weighted by molar-refractivity contribution is 6.30. The van der Waals surface area contributed by atoms with Gasteiger partial charge in [0.1, 0.15) is 0 Å². The molecule has 0 aliphatic heterocycles. The van der Waals surface area contributed by atoms with Gasteiger partial charge in [-0.05, 0) is 55.5 Å².